The molecular formula is C17H15N2O3S2-. The molecule has 5 nitrogen and oxygen atoms in total. The number of nitrogens with zero attached hydrogens (tertiary/aromatic N) is 1. The lowest BCUT2D eigenvalue weighted by Crippen LogP contribution is -2.24. The number of aliphatic carboxylic acids is 1. The van der Waals surface area contributed by atoms with E-state index in [9.17, 15) is 14.7 Å². The fourth-order valence-corrected chi connectivity index (χ4v) is 3.97. The SMILES string of the molecule is CC(C)c1ccc(-c2csc3nc(SCC(=O)[O-])[nH]c(=O)c23)cc1. The number of hydrogen-bond acceptors (Lipinski definition) is 6. The molecule has 0 saturated carbocycles. The molecule has 2 aromatic heterocycles. The van der Waals surface area contributed by atoms with Crippen LogP contribution < -0.4 is 10.7 Å². The molecule has 0 unspecified atom stereocenters. The van der Waals surface area contributed by atoms with Gasteiger partial charge in [-0.1, -0.05) is 49.9 Å². The van der Waals surface area contributed by atoms with Gasteiger partial charge in [-0.2, -0.15) is 0 Å². The second-order valence-corrected chi connectivity index (χ2v) is 7.46. The van der Waals surface area contributed by atoms with Crippen LogP contribution in [-0.4, -0.2) is 21.7 Å². The minimum atomic E-state index is -1.19. The Kier molecular flexibility index (Phi) is 4.73. The molecule has 24 heavy (non-hydrogen) atoms. The molecule has 0 aliphatic rings. The minimum absolute atomic E-state index is 0.247. The van der Waals surface area contributed by atoms with Crippen LogP contribution in [0.25, 0.3) is 21.3 Å². The molecule has 124 valence electrons. The van der Waals surface area contributed by atoms with Crippen molar-refractivity contribution in [3.05, 3.63) is 45.6 Å². The van der Waals surface area contributed by atoms with Crippen molar-refractivity contribution >= 4 is 39.3 Å². The summed E-state index contributed by atoms with van der Waals surface area (Å²) in [5.74, 6) is -0.991. The summed E-state index contributed by atoms with van der Waals surface area (Å²) in [5.41, 5.74) is 2.79. The van der Waals surface area contributed by atoms with Gasteiger partial charge in [0.05, 0.1) is 11.4 Å². The number of aromatic nitrogens is 2. The first-order valence-corrected chi connectivity index (χ1v) is 9.26. The van der Waals surface area contributed by atoms with Gasteiger partial charge in [0.2, 0.25) is 0 Å². The molecule has 3 rings (SSSR count). The van der Waals surface area contributed by atoms with E-state index in [0.717, 1.165) is 22.9 Å². The summed E-state index contributed by atoms with van der Waals surface area (Å²) >= 11 is 2.32. The maximum absolute atomic E-state index is 12.4. The maximum Gasteiger partial charge on any atom is 0.260 e. The van der Waals surface area contributed by atoms with Crippen LogP contribution in [0, 0.1) is 0 Å². The number of nitrogens with one attached hydrogen (secondary N) is 1. The number of H-pyrrole nitrogens is 1. The number of aromatic amines is 1. The quantitative estimate of drug-likeness (QED) is 0.559. The Labute approximate surface area is 146 Å². The first-order valence-electron chi connectivity index (χ1n) is 7.40. The summed E-state index contributed by atoms with van der Waals surface area (Å²) in [5, 5.41) is 13.3. The number of carbonyl (C=O) groups excluding carboxylic acids is 1. The fourth-order valence-electron chi connectivity index (χ4n) is 2.38. The first-order chi connectivity index (χ1) is 11.5. The Morgan fingerprint density at radius 2 is 2.04 bits per heavy atom. The Morgan fingerprint density at radius 1 is 1.33 bits per heavy atom. The zero-order chi connectivity index (χ0) is 17.3. The lowest BCUT2D eigenvalue weighted by atomic mass is 9.99. The Balaban J connectivity index is 2.01. The van der Waals surface area contributed by atoms with Crippen molar-refractivity contribution in [3.8, 4) is 11.1 Å². The van der Waals surface area contributed by atoms with Gasteiger partial charge < -0.3 is 14.9 Å². The summed E-state index contributed by atoms with van der Waals surface area (Å²) in [6.45, 7) is 4.27. The molecule has 0 aliphatic carbocycles. The largest absolute Gasteiger partial charge is 0.549 e. The molecule has 0 radical (unpaired) electrons. The van der Waals surface area contributed by atoms with E-state index in [-0.39, 0.29) is 11.3 Å². The van der Waals surface area contributed by atoms with Crippen molar-refractivity contribution in [1.29, 1.82) is 0 Å². The summed E-state index contributed by atoms with van der Waals surface area (Å²) in [7, 11) is 0. The van der Waals surface area contributed by atoms with Crippen LogP contribution >= 0.6 is 23.1 Å². The molecule has 0 saturated heterocycles. The molecular weight excluding hydrogens is 344 g/mol. The Hall–Kier alpha value is -2.12. The highest BCUT2D eigenvalue weighted by Crippen LogP contribution is 2.32. The number of carboxylic acid groups (broad SMARTS) is 1. The van der Waals surface area contributed by atoms with Crippen LogP contribution in [0.4, 0.5) is 0 Å². The van der Waals surface area contributed by atoms with Gasteiger partial charge in [0.1, 0.15) is 4.83 Å². The molecule has 0 fully saturated rings. The molecule has 3 aromatic rings. The third-order valence-electron chi connectivity index (χ3n) is 3.64. The zero-order valence-electron chi connectivity index (χ0n) is 13.2. The van der Waals surface area contributed by atoms with Crippen LogP contribution in [0.5, 0.6) is 0 Å². The highest BCUT2D eigenvalue weighted by atomic mass is 32.2. The molecule has 1 aromatic carbocycles. The van der Waals surface area contributed by atoms with Crippen molar-refractivity contribution in [3.63, 3.8) is 0 Å². The average Bonchev–Trinajstić information content (AvgIpc) is 2.97. The van der Waals surface area contributed by atoms with Gasteiger partial charge in [0, 0.05) is 16.7 Å². The molecule has 0 amide bonds. The minimum Gasteiger partial charge on any atom is -0.549 e. The van der Waals surface area contributed by atoms with Crippen molar-refractivity contribution in [2.75, 3.05) is 5.75 Å². The van der Waals surface area contributed by atoms with Gasteiger partial charge in [-0.15, -0.1) is 11.3 Å². The Morgan fingerprint density at radius 3 is 2.67 bits per heavy atom. The standard InChI is InChI=1S/C17H16N2O3S2/c1-9(2)10-3-5-11(6-4-10)12-7-23-16-14(12)15(22)18-17(19-16)24-8-13(20)21/h3-7,9H,8H2,1-2H3,(H,20,21)(H,18,19,22)/p-1. The normalized spacial score (nSPS) is 11.3. The van der Waals surface area contributed by atoms with E-state index in [4.69, 9.17) is 0 Å². The van der Waals surface area contributed by atoms with Crippen LogP contribution in [0.3, 0.4) is 0 Å². The molecule has 7 heteroatoms. The van der Waals surface area contributed by atoms with Crippen LogP contribution in [0.1, 0.15) is 25.3 Å². The smallest absolute Gasteiger partial charge is 0.260 e. The second-order valence-electron chi connectivity index (χ2n) is 5.64. The van der Waals surface area contributed by atoms with Crippen molar-refractivity contribution in [1.82, 2.24) is 9.97 Å². The van der Waals surface area contributed by atoms with Crippen molar-refractivity contribution in [2.45, 2.75) is 24.9 Å². The van der Waals surface area contributed by atoms with Gasteiger partial charge in [-0.25, -0.2) is 4.98 Å². The summed E-state index contributed by atoms with van der Waals surface area (Å²) < 4.78 is 0. The third-order valence-corrected chi connectivity index (χ3v) is 5.36. The van der Waals surface area contributed by atoms with Gasteiger partial charge >= 0.3 is 0 Å². The van der Waals surface area contributed by atoms with Crippen LogP contribution in [0.2, 0.25) is 0 Å². The number of thioether (sulfide) groups is 1. The molecule has 0 aliphatic heterocycles. The maximum atomic E-state index is 12.4. The lowest BCUT2D eigenvalue weighted by molar-refractivity contribution is -0.301. The molecule has 0 bridgehead atoms. The third kappa shape index (κ3) is 3.37. The summed E-state index contributed by atoms with van der Waals surface area (Å²) in [6, 6.07) is 8.15. The zero-order valence-corrected chi connectivity index (χ0v) is 14.8. The topological polar surface area (TPSA) is 85.9 Å². The molecule has 1 N–H and O–H groups in total. The molecule has 2 heterocycles. The highest BCUT2D eigenvalue weighted by molar-refractivity contribution is 7.99. The van der Waals surface area contributed by atoms with E-state index in [1.54, 1.807) is 0 Å². The summed E-state index contributed by atoms with van der Waals surface area (Å²) in [6.07, 6.45) is 0. The number of benzene rings is 1. The van der Waals surface area contributed by atoms with Gasteiger partial charge in [0.15, 0.2) is 5.16 Å². The summed E-state index contributed by atoms with van der Waals surface area (Å²) in [4.78, 5) is 30.5. The number of hydrogen-bond donors (Lipinski definition) is 1. The van der Waals surface area contributed by atoms with E-state index in [1.807, 2.05) is 17.5 Å². The predicted octanol–water partition coefficient (Wildman–Crippen LogP) is 2.62. The molecule has 0 atom stereocenters. The number of rotatable bonds is 5. The first kappa shape index (κ1) is 16.7. The van der Waals surface area contributed by atoms with E-state index in [1.165, 1.54) is 16.9 Å². The molecule has 0 spiro atoms. The fraction of sp³-hybridized carbons (Fsp3) is 0.235. The second kappa shape index (κ2) is 6.78. The number of carbonyl (C=O) groups is 1. The van der Waals surface area contributed by atoms with E-state index in [0.29, 0.717) is 21.3 Å². The monoisotopic (exact) mass is 359 g/mol. The lowest BCUT2D eigenvalue weighted by Gasteiger charge is -2.06. The van der Waals surface area contributed by atoms with Crippen molar-refractivity contribution < 1.29 is 9.90 Å². The number of fused-ring (bicyclic) bond motifs is 1. The Bertz CT molecular complexity index is 943. The van der Waals surface area contributed by atoms with Gasteiger partial charge in [0.25, 0.3) is 5.56 Å². The van der Waals surface area contributed by atoms with Gasteiger partial charge in [-0.3, -0.25) is 4.79 Å². The van der Waals surface area contributed by atoms with Crippen LogP contribution in [-0.2, 0) is 4.79 Å². The average molecular weight is 359 g/mol. The number of thiophene rings is 1. The van der Waals surface area contributed by atoms with Crippen molar-refractivity contribution in [2.24, 2.45) is 0 Å². The number of carboxylic acids is 1. The predicted molar refractivity (Wildman–Crippen MR) is 95.5 cm³/mol. The van der Waals surface area contributed by atoms with E-state index in [2.05, 4.69) is 35.9 Å². The van der Waals surface area contributed by atoms with E-state index >= 15 is 0 Å². The van der Waals surface area contributed by atoms with Gasteiger partial charge in [-0.05, 0) is 17.0 Å². The van der Waals surface area contributed by atoms with E-state index < -0.39 is 5.97 Å². The highest BCUT2D eigenvalue weighted by Gasteiger charge is 2.13. The van der Waals surface area contributed by atoms with Crippen LogP contribution in [0.15, 0.2) is 39.6 Å².